The second kappa shape index (κ2) is 9.37. The summed E-state index contributed by atoms with van der Waals surface area (Å²) in [7, 11) is 0. The molecule has 1 aliphatic rings. The monoisotopic (exact) mass is 473 g/mol. The van der Waals surface area contributed by atoms with Gasteiger partial charge in [0.1, 0.15) is 5.25 Å². The third-order valence-electron chi connectivity index (χ3n) is 5.44. The van der Waals surface area contributed by atoms with Crippen molar-refractivity contribution in [2.75, 3.05) is 10.6 Å². The van der Waals surface area contributed by atoms with Gasteiger partial charge in [0.15, 0.2) is 5.13 Å². The van der Waals surface area contributed by atoms with Crippen molar-refractivity contribution in [1.82, 2.24) is 4.98 Å². The van der Waals surface area contributed by atoms with E-state index in [1.165, 1.54) is 28.7 Å². The molecule has 2 N–H and O–H groups in total. The number of aryl methyl sites for hydroxylation is 1. The molecule has 1 aromatic heterocycles. The number of benzene rings is 3. The molecule has 5 nitrogen and oxygen atoms in total. The molecular formula is C26H23N3O2S2. The van der Waals surface area contributed by atoms with E-state index in [0.29, 0.717) is 5.13 Å². The van der Waals surface area contributed by atoms with E-state index < -0.39 is 5.25 Å². The standard InChI is InChI=1S/C26H23N3O2S2/c1-16-7-14-21-22(15-16)33-26(28-21)29-25(31)23(17-5-3-2-4-6-17)32-20-12-10-19(11-13-20)27-24(30)18-8-9-18/h2-7,10-15,18,23H,8-9H2,1H3,(H,27,30)(H,28,29,31). The predicted molar refractivity (Wildman–Crippen MR) is 136 cm³/mol. The van der Waals surface area contributed by atoms with Gasteiger partial charge >= 0.3 is 0 Å². The number of anilines is 2. The maximum atomic E-state index is 13.3. The topological polar surface area (TPSA) is 71.1 Å². The van der Waals surface area contributed by atoms with Crippen molar-refractivity contribution in [2.24, 2.45) is 5.92 Å². The molecular weight excluding hydrogens is 450 g/mol. The number of carbonyl (C=O) groups is 2. The minimum atomic E-state index is -0.438. The smallest absolute Gasteiger partial charge is 0.244 e. The second-order valence-corrected chi connectivity index (χ2v) is 10.4. The highest BCUT2D eigenvalue weighted by atomic mass is 32.2. The Morgan fingerprint density at radius 1 is 1.00 bits per heavy atom. The Morgan fingerprint density at radius 2 is 1.76 bits per heavy atom. The third kappa shape index (κ3) is 5.26. The summed E-state index contributed by atoms with van der Waals surface area (Å²) < 4.78 is 1.05. The van der Waals surface area contributed by atoms with Crippen LogP contribution in [0, 0.1) is 12.8 Å². The number of thioether (sulfide) groups is 1. The van der Waals surface area contributed by atoms with Gasteiger partial charge < -0.3 is 10.6 Å². The molecule has 5 rings (SSSR count). The van der Waals surface area contributed by atoms with Crippen molar-refractivity contribution in [3.63, 3.8) is 0 Å². The number of fused-ring (bicyclic) bond motifs is 1. The molecule has 2 amide bonds. The number of aromatic nitrogens is 1. The Kier molecular flexibility index (Phi) is 6.15. The van der Waals surface area contributed by atoms with Crippen molar-refractivity contribution in [3.05, 3.63) is 83.9 Å². The van der Waals surface area contributed by atoms with Crippen LogP contribution < -0.4 is 10.6 Å². The summed E-state index contributed by atoms with van der Waals surface area (Å²) in [6, 6.07) is 23.5. The van der Waals surface area contributed by atoms with Gasteiger partial charge in [-0.05, 0) is 67.3 Å². The number of thiazole rings is 1. The van der Waals surface area contributed by atoms with Crippen molar-refractivity contribution < 1.29 is 9.59 Å². The highest BCUT2D eigenvalue weighted by Gasteiger charge is 2.29. The Morgan fingerprint density at radius 3 is 2.48 bits per heavy atom. The van der Waals surface area contributed by atoms with E-state index in [1.807, 2.05) is 73.7 Å². The molecule has 4 aromatic rings. The maximum absolute atomic E-state index is 13.3. The summed E-state index contributed by atoms with van der Waals surface area (Å²) in [5.74, 6) is 0.132. The Bertz CT molecular complexity index is 1300. The quantitative estimate of drug-likeness (QED) is 0.304. The summed E-state index contributed by atoms with van der Waals surface area (Å²) in [6.07, 6.45) is 1.95. The van der Waals surface area contributed by atoms with Gasteiger partial charge in [0.05, 0.1) is 10.2 Å². The van der Waals surface area contributed by atoms with Crippen molar-refractivity contribution in [3.8, 4) is 0 Å². The lowest BCUT2D eigenvalue weighted by atomic mass is 10.1. The van der Waals surface area contributed by atoms with Crippen LogP contribution >= 0.6 is 23.1 Å². The average molecular weight is 474 g/mol. The summed E-state index contributed by atoms with van der Waals surface area (Å²) in [5, 5.41) is 6.13. The van der Waals surface area contributed by atoms with Crippen LogP contribution in [0.1, 0.15) is 29.2 Å². The van der Waals surface area contributed by atoms with Gasteiger partial charge in [-0.1, -0.05) is 47.7 Å². The number of hydrogen-bond acceptors (Lipinski definition) is 5. The van der Waals surface area contributed by atoms with E-state index in [4.69, 9.17) is 0 Å². The van der Waals surface area contributed by atoms with Crippen molar-refractivity contribution >= 4 is 55.9 Å². The largest absolute Gasteiger partial charge is 0.326 e. The summed E-state index contributed by atoms with van der Waals surface area (Å²) >= 11 is 2.96. The van der Waals surface area contributed by atoms with E-state index in [0.717, 1.165) is 39.2 Å². The number of carbonyl (C=O) groups excluding carboxylic acids is 2. The first-order valence-electron chi connectivity index (χ1n) is 10.9. The van der Waals surface area contributed by atoms with Crippen molar-refractivity contribution in [2.45, 2.75) is 29.9 Å². The SMILES string of the molecule is Cc1ccc2nc(NC(=O)C(Sc3ccc(NC(=O)C4CC4)cc3)c3ccccc3)sc2c1. The molecule has 1 aliphatic carbocycles. The first-order valence-corrected chi connectivity index (χ1v) is 12.6. The van der Waals surface area contributed by atoms with Crippen LogP contribution in [-0.2, 0) is 9.59 Å². The minimum Gasteiger partial charge on any atom is -0.326 e. The molecule has 0 saturated heterocycles. The molecule has 7 heteroatoms. The maximum Gasteiger partial charge on any atom is 0.244 e. The van der Waals surface area contributed by atoms with Crippen LogP contribution in [0.2, 0.25) is 0 Å². The Labute approximate surface area is 200 Å². The van der Waals surface area contributed by atoms with E-state index in [1.54, 1.807) is 0 Å². The van der Waals surface area contributed by atoms with Gasteiger partial charge in [-0.25, -0.2) is 4.98 Å². The fourth-order valence-electron chi connectivity index (χ4n) is 3.50. The molecule has 1 fully saturated rings. The first-order chi connectivity index (χ1) is 16.0. The van der Waals surface area contributed by atoms with Crippen molar-refractivity contribution in [1.29, 1.82) is 0 Å². The number of amides is 2. The fourth-order valence-corrected chi connectivity index (χ4v) is 5.49. The van der Waals surface area contributed by atoms with E-state index in [-0.39, 0.29) is 17.7 Å². The number of rotatable bonds is 7. The molecule has 166 valence electrons. The Balaban J connectivity index is 1.34. The van der Waals surface area contributed by atoms with Gasteiger partial charge in [-0.2, -0.15) is 0 Å². The van der Waals surface area contributed by atoms with E-state index in [2.05, 4.69) is 21.7 Å². The van der Waals surface area contributed by atoms with E-state index in [9.17, 15) is 9.59 Å². The zero-order chi connectivity index (χ0) is 22.8. The average Bonchev–Trinajstić information content (AvgIpc) is 3.60. The van der Waals surface area contributed by atoms with Gasteiger partial charge in [0, 0.05) is 16.5 Å². The predicted octanol–water partition coefficient (Wildman–Crippen LogP) is 6.43. The zero-order valence-corrected chi connectivity index (χ0v) is 19.7. The van der Waals surface area contributed by atoms with Gasteiger partial charge in [0.25, 0.3) is 0 Å². The molecule has 33 heavy (non-hydrogen) atoms. The lowest BCUT2D eigenvalue weighted by molar-refractivity contribution is -0.117. The van der Waals surface area contributed by atoms with Crippen LogP contribution in [0.15, 0.2) is 77.7 Å². The van der Waals surface area contributed by atoms with Crippen LogP contribution in [0.5, 0.6) is 0 Å². The van der Waals surface area contributed by atoms with Crippen LogP contribution in [0.3, 0.4) is 0 Å². The highest BCUT2D eigenvalue weighted by Crippen LogP contribution is 2.38. The Hall–Kier alpha value is -3.16. The lowest BCUT2D eigenvalue weighted by Gasteiger charge is -2.16. The van der Waals surface area contributed by atoms with Crippen LogP contribution in [0.4, 0.5) is 10.8 Å². The minimum absolute atomic E-state index is 0.0861. The second-order valence-electron chi connectivity index (χ2n) is 8.18. The van der Waals surface area contributed by atoms with Crippen LogP contribution in [0.25, 0.3) is 10.2 Å². The molecule has 0 aliphatic heterocycles. The number of nitrogens with zero attached hydrogens (tertiary/aromatic N) is 1. The molecule has 0 radical (unpaired) electrons. The summed E-state index contributed by atoms with van der Waals surface area (Å²) in [4.78, 5) is 30.8. The normalized spacial score (nSPS) is 14.1. The molecule has 0 spiro atoms. The molecule has 3 aromatic carbocycles. The summed E-state index contributed by atoms with van der Waals surface area (Å²) in [5.41, 5.74) is 3.75. The molecule has 1 saturated carbocycles. The molecule has 1 unspecified atom stereocenters. The first kappa shape index (κ1) is 21.7. The van der Waals surface area contributed by atoms with Gasteiger partial charge in [-0.3, -0.25) is 9.59 Å². The molecule has 1 heterocycles. The zero-order valence-electron chi connectivity index (χ0n) is 18.1. The van der Waals surface area contributed by atoms with Gasteiger partial charge in [-0.15, -0.1) is 11.8 Å². The fraction of sp³-hybridized carbons (Fsp3) is 0.192. The number of hydrogen-bond donors (Lipinski definition) is 2. The summed E-state index contributed by atoms with van der Waals surface area (Å²) in [6.45, 7) is 2.04. The van der Waals surface area contributed by atoms with E-state index >= 15 is 0 Å². The molecule has 1 atom stereocenters. The van der Waals surface area contributed by atoms with Crippen LogP contribution in [-0.4, -0.2) is 16.8 Å². The lowest BCUT2D eigenvalue weighted by Crippen LogP contribution is -2.18. The van der Waals surface area contributed by atoms with Gasteiger partial charge in [0.2, 0.25) is 11.8 Å². The third-order valence-corrected chi connectivity index (χ3v) is 7.64. The molecule has 0 bridgehead atoms. The number of nitrogens with one attached hydrogen (secondary N) is 2. The highest BCUT2D eigenvalue weighted by molar-refractivity contribution is 8.00.